The predicted octanol–water partition coefficient (Wildman–Crippen LogP) is 3.50. The van der Waals surface area contributed by atoms with Gasteiger partial charge in [0, 0.05) is 32.5 Å². The maximum absolute atomic E-state index is 13.8. The Labute approximate surface area is 230 Å². The van der Waals surface area contributed by atoms with Gasteiger partial charge in [-0.2, -0.15) is 0 Å². The number of amides is 4. The van der Waals surface area contributed by atoms with Gasteiger partial charge in [0.05, 0.1) is 18.9 Å². The number of allylic oxidation sites excluding steroid dienone is 2. The van der Waals surface area contributed by atoms with E-state index in [1.807, 2.05) is 73.7 Å². The Kier molecular flexibility index (Phi) is 9.52. The minimum atomic E-state index is -0.769. The number of carbonyl (C=O) groups excluding carboxylic acids is 4. The van der Waals surface area contributed by atoms with Crippen molar-refractivity contribution in [3.05, 3.63) is 77.9 Å². The summed E-state index contributed by atoms with van der Waals surface area (Å²) < 4.78 is 5.37. The number of ether oxygens (including phenoxy) is 1. The molecule has 3 atom stereocenters. The van der Waals surface area contributed by atoms with E-state index in [1.54, 1.807) is 12.0 Å². The zero-order valence-electron chi connectivity index (χ0n) is 22.7. The number of rotatable bonds is 12. The van der Waals surface area contributed by atoms with Crippen LogP contribution in [-0.4, -0.2) is 59.7 Å². The molecule has 8 heteroatoms. The molecule has 1 fully saturated rings. The maximum atomic E-state index is 13.8. The molecular formula is C31H37N3O5. The SMILES string of the molecule is CCCNC(=O)C(Cc1ccccc1)N(Cc1cccc(OC)c1)C(=O)CCN1C(=O)[C@H]2CC=CC[C@H]2C1=O. The lowest BCUT2D eigenvalue weighted by atomic mass is 9.85. The highest BCUT2D eigenvalue weighted by molar-refractivity contribution is 6.05. The average molecular weight is 532 g/mol. The fourth-order valence-electron chi connectivity index (χ4n) is 5.33. The number of carbonyl (C=O) groups is 4. The molecule has 206 valence electrons. The molecule has 4 rings (SSSR count). The van der Waals surface area contributed by atoms with Crippen molar-refractivity contribution in [2.24, 2.45) is 11.8 Å². The summed E-state index contributed by atoms with van der Waals surface area (Å²) >= 11 is 0. The Morgan fingerprint density at radius 3 is 2.31 bits per heavy atom. The molecule has 2 aromatic rings. The summed E-state index contributed by atoms with van der Waals surface area (Å²) in [5.74, 6) is -0.959. The molecule has 1 N–H and O–H groups in total. The highest BCUT2D eigenvalue weighted by Gasteiger charge is 2.47. The normalized spacial score (nSPS) is 19.0. The first-order valence-corrected chi connectivity index (χ1v) is 13.7. The number of nitrogens with zero attached hydrogens (tertiary/aromatic N) is 2. The van der Waals surface area contributed by atoms with E-state index in [-0.39, 0.29) is 55.0 Å². The van der Waals surface area contributed by atoms with E-state index >= 15 is 0 Å². The second-order valence-electron chi connectivity index (χ2n) is 10.1. The van der Waals surface area contributed by atoms with Crippen LogP contribution in [0.3, 0.4) is 0 Å². The number of hydrogen-bond donors (Lipinski definition) is 1. The van der Waals surface area contributed by atoms with Gasteiger partial charge in [-0.3, -0.25) is 24.1 Å². The summed E-state index contributed by atoms with van der Waals surface area (Å²) in [5, 5.41) is 2.96. The van der Waals surface area contributed by atoms with Crippen LogP contribution in [0.5, 0.6) is 5.75 Å². The van der Waals surface area contributed by atoms with E-state index < -0.39 is 6.04 Å². The predicted molar refractivity (Wildman–Crippen MR) is 147 cm³/mol. The van der Waals surface area contributed by atoms with E-state index in [4.69, 9.17) is 4.74 Å². The average Bonchev–Trinajstić information content (AvgIpc) is 3.21. The Bertz CT molecular complexity index is 1190. The monoisotopic (exact) mass is 531 g/mol. The zero-order valence-corrected chi connectivity index (χ0v) is 22.7. The summed E-state index contributed by atoms with van der Waals surface area (Å²) in [6.45, 7) is 2.67. The lowest BCUT2D eigenvalue weighted by molar-refractivity contribution is -0.144. The molecule has 0 radical (unpaired) electrons. The van der Waals surface area contributed by atoms with Crippen LogP contribution in [0.2, 0.25) is 0 Å². The Morgan fingerprint density at radius 2 is 1.67 bits per heavy atom. The van der Waals surface area contributed by atoms with Gasteiger partial charge < -0.3 is 15.0 Å². The number of benzene rings is 2. The van der Waals surface area contributed by atoms with Gasteiger partial charge >= 0.3 is 0 Å². The van der Waals surface area contributed by atoms with Gasteiger partial charge in [0.15, 0.2) is 0 Å². The van der Waals surface area contributed by atoms with Crippen LogP contribution in [0.25, 0.3) is 0 Å². The van der Waals surface area contributed by atoms with Crippen molar-refractivity contribution in [1.29, 1.82) is 0 Å². The lowest BCUT2D eigenvalue weighted by Gasteiger charge is -2.32. The Hall–Kier alpha value is -3.94. The lowest BCUT2D eigenvalue weighted by Crippen LogP contribution is -2.51. The fourth-order valence-corrected chi connectivity index (χ4v) is 5.33. The van der Waals surface area contributed by atoms with Gasteiger partial charge in [-0.05, 0) is 42.5 Å². The molecule has 1 aliphatic heterocycles. The third-order valence-corrected chi connectivity index (χ3v) is 7.46. The number of methoxy groups -OCH3 is 1. The van der Waals surface area contributed by atoms with E-state index in [0.717, 1.165) is 17.5 Å². The molecule has 2 aliphatic rings. The van der Waals surface area contributed by atoms with Gasteiger partial charge in [0.2, 0.25) is 23.6 Å². The maximum Gasteiger partial charge on any atom is 0.243 e. The minimum Gasteiger partial charge on any atom is -0.497 e. The summed E-state index contributed by atoms with van der Waals surface area (Å²) in [7, 11) is 1.58. The van der Waals surface area contributed by atoms with Crippen LogP contribution in [0.4, 0.5) is 0 Å². The Balaban J connectivity index is 1.59. The van der Waals surface area contributed by atoms with Gasteiger partial charge in [0.25, 0.3) is 0 Å². The highest BCUT2D eigenvalue weighted by atomic mass is 16.5. The molecule has 1 saturated heterocycles. The number of likely N-dealkylation sites (tertiary alicyclic amines) is 1. The molecule has 1 heterocycles. The van der Waals surface area contributed by atoms with Crippen LogP contribution in [0.15, 0.2) is 66.7 Å². The second-order valence-corrected chi connectivity index (χ2v) is 10.1. The smallest absolute Gasteiger partial charge is 0.243 e. The van der Waals surface area contributed by atoms with Crippen molar-refractivity contribution >= 4 is 23.6 Å². The molecule has 1 aliphatic carbocycles. The molecule has 4 amide bonds. The number of nitrogens with one attached hydrogen (secondary N) is 1. The third kappa shape index (κ3) is 6.74. The first kappa shape index (κ1) is 28.1. The highest BCUT2D eigenvalue weighted by Crippen LogP contribution is 2.35. The second kappa shape index (κ2) is 13.2. The topological polar surface area (TPSA) is 96.0 Å². The van der Waals surface area contributed by atoms with Crippen LogP contribution in [0, 0.1) is 11.8 Å². The summed E-state index contributed by atoms with van der Waals surface area (Å²) in [6.07, 6.45) is 6.05. The van der Waals surface area contributed by atoms with Gasteiger partial charge in [0.1, 0.15) is 11.8 Å². The van der Waals surface area contributed by atoms with Gasteiger partial charge in [-0.1, -0.05) is 61.5 Å². The largest absolute Gasteiger partial charge is 0.497 e. The summed E-state index contributed by atoms with van der Waals surface area (Å²) in [5.41, 5.74) is 1.74. The van der Waals surface area contributed by atoms with Gasteiger partial charge in [-0.25, -0.2) is 0 Å². The van der Waals surface area contributed by atoms with Crippen molar-refractivity contribution in [2.45, 2.75) is 51.6 Å². The third-order valence-electron chi connectivity index (χ3n) is 7.46. The van der Waals surface area contributed by atoms with Crippen molar-refractivity contribution < 1.29 is 23.9 Å². The van der Waals surface area contributed by atoms with E-state index in [1.165, 1.54) is 4.90 Å². The van der Waals surface area contributed by atoms with Crippen molar-refractivity contribution in [1.82, 2.24) is 15.1 Å². The first-order chi connectivity index (χ1) is 18.9. The van der Waals surface area contributed by atoms with E-state index in [0.29, 0.717) is 31.6 Å². The van der Waals surface area contributed by atoms with Crippen LogP contribution in [-0.2, 0) is 32.1 Å². The fraction of sp³-hybridized carbons (Fsp3) is 0.419. The summed E-state index contributed by atoms with van der Waals surface area (Å²) in [6, 6.07) is 16.2. The molecule has 0 bridgehead atoms. The molecule has 1 unspecified atom stereocenters. The van der Waals surface area contributed by atoms with Crippen LogP contribution >= 0.6 is 0 Å². The van der Waals surface area contributed by atoms with Crippen molar-refractivity contribution in [2.75, 3.05) is 20.2 Å². The van der Waals surface area contributed by atoms with E-state index in [2.05, 4.69) is 5.32 Å². The molecule has 0 spiro atoms. The molecule has 39 heavy (non-hydrogen) atoms. The zero-order chi connectivity index (χ0) is 27.8. The van der Waals surface area contributed by atoms with Crippen molar-refractivity contribution in [3.63, 3.8) is 0 Å². The van der Waals surface area contributed by atoms with Crippen molar-refractivity contribution in [3.8, 4) is 5.75 Å². The minimum absolute atomic E-state index is 0.00669. The molecular weight excluding hydrogens is 494 g/mol. The summed E-state index contributed by atoms with van der Waals surface area (Å²) in [4.78, 5) is 56.0. The number of hydrogen-bond acceptors (Lipinski definition) is 5. The first-order valence-electron chi connectivity index (χ1n) is 13.7. The van der Waals surface area contributed by atoms with Gasteiger partial charge in [-0.15, -0.1) is 0 Å². The molecule has 2 aromatic carbocycles. The number of imide groups is 1. The quantitative estimate of drug-likeness (QED) is 0.334. The van der Waals surface area contributed by atoms with Crippen LogP contribution < -0.4 is 10.1 Å². The molecule has 8 nitrogen and oxygen atoms in total. The number of fused-ring (bicyclic) bond motifs is 1. The molecule has 0 aromatic heterocycles. The van der Waals surface area contributed by atoms with Crippen LogP contribution in [0.1, 0.15) is 43.7 Å². The Morgan fingerprint density at radius 1 is 1.00 bits per heavy atom. The standard InChI is InChI=1S/C31H37N3O5/c1-3-17-32-29(36)27(20-22-10-5-4-6-11-22)34(21-23-12-9-13-24(19-23)39-2)28(35)16-18-33-30(37)25-14-7-8-15-26(25)31(33)38/h4-13,19,25-27H,3,14-18,20-21H2,1-2H3,(H,32,36)/t25-,26+,27?. The molecule has 0 saturated carbocycles. The van der Waals surface area contributed by atoms with E-state index in [9.17, 15) is 19.2 Å².